The van der Waals surface area contributed by atoms with Gasteiger partial charge in [-0.05, 0) is 35.9 Å². The number of anilines is 1. The summed E-state index contributed by atoms with van der Waals surface area (Å²) in [5.41, 5.74) is 13.9. The Hall–Kier alpha value is -2.75. The van der Waals surface area contributed by atoms with Crippen molar-refractivity contribution in [3.05, 3.63) is 59.2 Å². The summed E-state index contributed by atoms with van der Waals surface area (Å²) in [6.45, 7) is 1.14. The van der Waals surface area contributed by atoms with Crippen molar-refractivity contribution in [2.24, 2.45) is 11.6 Å². The number of nitrogens with one attached hydrogen (secondary N) is 1. The Labute approximate surface area is 187 Å². The molecule has 0 saturated heterocycles. The summed E-state index contributed by atoms with van der Waals surface area (Å²) in [5, 5.41) is 4.52. The largest absolute Gasteiger partial charge is 0.492 e. The molecule has 3 rings (SSSR count). The van der Waals surface area contributed by atoms with Crippen molar-refractivity contribution < 1.29 is 14.3 Å². The van der Waals surface area contributed by atoms with Crippen molar-refractivity contribution in [2.75, 3.05) is 24.6 Å². The highest BCUT2D eigenvalue weighted by molar-refractivity contribution is 7.80. The van der Waals surface area contributed by atoms with Crippen LogP contribution in [-0.2, 0) is 11.2 Å². The van der Waals surface area contributed by atoms with Gasteiger partial charge >= 0.3 is 0 Å². The van der Waals surface area contributed by atoms with E-state index in [1.165, 1.54) is 0 Å². The van der Waals surface area contributed by atoms with Crippen molar-refractivity contribution in [2.45, 2.75) is 31.3 Å². The van der Waals surface area contributed by atoms with Gasteiger partial charge in [0.2, 0.25) is 5.91 Å². The zero-order chi connectivity index (χ0) is 22.4. The summed E-state index contributed by atoms with van der Waals surface area (Å²) in [7, 11) is 0. The van der Waals surface area contributed by atoms with Gasteiger partial charge in [-0.25, -0.2) is 5.01 Å². The van der Waals surface area contributed by atoms with Crippen LogP contribution < -0.4 is 27.4 Å². The fourth-order valence-corrected chi connectivity index (χ4v) is 3.83. The van der Waals surface area contributed by atoms with Gasteiger partial charge < -0.3 is 21.5 Å². The van der Waals surface area contributed by atoms with Crippen LogP contribution in [0, 0.1) is 0 Å². The number of benzene rings is 2. The number of nitrogens with zero attached hydrogens (tertiary/aromatic N) is 1. The third-order valence-electron chi connectivity index (χ3n) is 5.33. The van der Waals surface area contributed by atoms with E-state index in [0.29, 0.717) is 30.2 Å². The minimum atomic E-state index is -0.868. The highest BCUT2D eigenvalue weighted by Crippen LogP contribution is 2.37. The molecule has 0 aromatic heterocycles. The minimum Gasteiger partial charge on any atom is -0.492 e. The van der Waals surface area contributed by atoms with Gasteiger partial charge in [-0.3, -0.25) is 15.4 Å². The molecule has 1 aliphatic rings. The topological polar surface area (TPSA) is 137 Å². The van der Waals surface area contributed by atoms with Gasteiger partial charge in [-0.2, -0.15) is 12.6 Å². The molecular formula is C22H29N5O3S. The number of hydrazine groups is 1. The lowest BCUT2D eigenvalue weighted by molar-refractivity contribution is -0.119. The van der Waals surface area contributed by atoms with Crippen LogP contribution in [0.15, 0.2) is 42.5 Å². The lowest BCUT2D eigenvalue weighted by atomic mass is 9.96. The van der Waals surface area contributed by atoms with Gasteiger partial charge in [0.1, 0.15) is 11.8 Å². The van der Waals surface area contributed by atoms with E-state index in [9.17, 15) is 9.59 Å². The number of carbonyl (C=O) groups is 2. The maximum absolute atomic E-state index is 13.1. The van der Waals surface area contributed by atoms with Gasteiger partial charge in [0.25, 0.3) is 5.91 Å². The Bertz CT molecular complexity index is 922. The molecule has 1 heterocycles. The highest BCUT2D eigenvalue weighted by Gasteiger charge is 2.30. The summed E-state index contributed by atoms with van der Waals surface area (Å²) in [5.74, 6) is 6.47. The fraction of sp³-hybridized carbons (Fsp3) is 0.364. The molecule has 0 spiro atoms. The molecule has 2 atom stereocenters. The summed E-state index contributed by atoms with van der Waals surface area (Å²) < 4.78 is 5.85. The molecule has 0 fully saturated rings. The molecule has 0 saturated carbocycles. The molecule has 0 unspecified atom stereocenters. The van der Waals surface area contributed by atoms with Gasteiger partial charge in [0, 0.05) is 30.6 Å². The summed E-state index contributed by atoms with van der Waals surface area (Å²) >= 11 is 4.24. The zero-order valence-electron chi connectivity index (χ0n) is 17.3. The van der Waals surface area contributed by atoms with Crippen molar-refractivity contribution in [3.63, 3.8) is 0 Å². The number of fused-ring (bicyclic) bond motifs is 1. The Morgan fingerprint density at radius 2 is 1.97 bits per heavy atom. The van der Waals surface area contributed by atoms with E-state index in [2.05, 4.69) is 17.9 Å². The van der Waals surface area contributed by atoms with E-state index in [-0.39, 0.29) is 12.5 Å². The molecule has 2 aromatic rings. The minimum absolute atomic E-state index is 0.0573. The summed E-state index contributed by atoms with van der Waals surface area (Å²) in [4.78, 5) is 25.0. The summed E-state index contributed by atoms with van der Waals surface area (Å²) in [6, 6.07) is 11.5. The predicted octanol–water partition coefficient (Wildman–Crippen LogP) is 1.41. The Balaban J connectivity index is 1.79. The van der Waals surface area contributed by atoms with Crippen LogP contribution in [0.3, 0.4) is 0 Å². The first-order valence-electron chi connectivity index (χ1n) is 10.2. The quantitative estimate of drug-likeness (QED) is 0.172. The Morgan fingerprint density at radius 3 is 2.65 bits per heavy atom. The first-order chi connectivity index (χ1) is 14.9. The van der Waals surface area contributed by atoms with Crippen LogP contribution in [0.1, 0.15) is 40.4 Å². The fourth-order valence-electron chi connectivity index (χ4n) is 3.69. The third kappa shape index (κ3) is 5.69. The molecule has 9 heteroatoms. The van der Waals surface area contributed by atoms with Gasteiger partial charge in [-0.1, -0.05) is 24.3 Å². The van der Waals surface area contributed by atoms with E-state index >= 15 is 0 Å². The van der Waals surface area contributed by atoms with E-state index in [4.69, 9.17) is 22.0 Å². The number of hydrogen-bond acceptors (Lipinski definition) is 7. The molecule has 1 aliphatic heterocycles. The number of primary amides is 1. The lowest BCUT2D eigenvalue weighted by Crippen LogP contribution is -2.46. The van der Waals surface area contributed by atoms with Crippen molar-refractivity contribution in [3.8, 4) is 5.75 Å². The summed E-state index contributed by atoms with van der Waals surface area (Å²) in [6.07, 6.45) is 1.85. The van der Waals surface area contributed by atoms with Crippen molar-refractivity contribution in [1.29, 1.82) is 0 Å². The van der Waals surface area contributed by atoms with Gasteiger partial charge in [0.05, 0.1) is 18.2 Å². The highest BCUT2D eigenvalue weighted by atomic mass is 32.1. The molecular weight excluding hydrogens is 414 g/mol. The Kier molecular flexibility index (Phi) is 7.78. The maximum atomic E-state index is 13.1. The van der Waals surface area contributed by atoms with E-state index in [1.54, 1.807) is 41.4 Å². The monoisotopic (exact) mass is 443 g/mol. The first-order valence-corrected chi connectivity index (χ1v) is 10.9. The molecule has 2 aromatic carbocycles. The average Bonchev–Trinajstić information content (AvgIpc) is 2.77. The standard InChI is InChI=1S/C22H29N5O3S/c23-15-7-5-14(6-8-15)13-18(21(24)28)26-22(29)17-4-1-3-16-19(9-11-30-20(16)17)27(25)10-2-12-31/h1,3-8,18-19,31H,2,9-13,23,25H2,(H2,24,28)(H,26,29)/t18-,19-/m0/s1. The molecule has 7 N–H and O–H groups in total. The SMILES string of the molecule is NC(=O)[C@H](Cc1ccc(N)cc1)NC(=O)c1cccc2c1OCC[C@@H]2N(N)CCCS. The number of hydrogen-bond donors (Lipinski definition) is 5. The molecule has 31 heavy (non-hydrogen) atoms. The third-order valence-corrected chi connectivity index (χ3v) is 5.65. The molecule has 0 bridgehead atoms. The number of nitrogen functional groups attached to an aromatic ring is 1. The van der Waals surface area contributed by atoms with Gasteiger partial charge in [0.15, 0.2) is 0 Å². The second-order valence-electron chi connectivity index (χ2n) is 7.57. The Morgan fingerprint density at radius 1 is 1.23 bits per heavy atom. The van der Waals surface area contributed by atoms with Crippen LogP contribution in [0.5, 0.6) is 5.75 Å². The van der Waals surface area contributed by atoms with Crippen molar-refractivity contribution in [1.82, 2.24) is 10.3 Å². The van der Waals surface area contributed by atoms with Gasteiger partial charge in [-0.15, -0.1) is 0 Å². The molecule has 0 aliphatic carbocycles. The van der Waals surface area contributed by atoms with E-state index in [1.807, 2.05) is 6.07 Å². The number of thiol groups is 1. The second kappa shape index (κ2) is 10.5. The van der Waals surface area contributed by atoms with Crippen molar-refractivity contribution >= 4 is 30.1 Å². The van der Waals surface area contributed by atoms with Crippen LogP contribution >= 0.6 is 12.6 Å². The second-order valence-corrected chi connectivity index (χ2v) is 8.01. The number of carbonyl (C=O) groups excluding carboxylic acids is 2. The average molecular weight is 444 g/mol. The molecule has 166 valence electrons. The van der Waals surface area contributed by atoms with Crippen LogP contribution in [-0.4, -0.2) is 41.8 Å². The van der Waals surface area contributed by atoms with E-state index in [0.717, 1.165) is 29.7 Å². The first kappa shape index (κ1) is 22.9. The molecule has 8 nitrogen and oxygen atoms in total. The predicted molar refractivity (Wildman–Crippen MR) is 124 cm³/mol. The normalized spacial score (nSPS) is 16.3. The smallest absolute Gasteiger partial charge is 0.255 e. The maximum Gasteiger partial charge on any atom is 0.255 e. The zero-order valence-corrected chi connectivity index (χ0v) is 18.2. The van der Waals surface area contributed by atoms with Crippen LogP contribution in [0.2, 0.25) is 0 Å². The lowest BCUT2D eigenvalue weighted by Gasteiger charge is -2.33. The van der Waals surface area contributed by atoms with E-state index < -0.39 is 17.9 Å². The number of para-hydroxylation sites is 1. The number of ether oxygens (including phenoxy) is 1. The number of nitrogens with two attached hydrogens (primary N) is 3. The van der Waals surface area contributed by atoms with Crippen LogP contribution in [0.4, 0.5) is 5.69 Å². The molecule has 2 amide bonds. The number of rotatable bonds is 9. The molecule has 0 radical (unpaired) electrons. The number of amides is 2. The van der Waals surface area contributed by atoms with Crippen LogP contribution in [0.25, 0.3) is 0 Å².